The van der Waals surface area contributed by atoms with Gasteiger partial charge in [-0.25, -0.2) is 4.79 Å². The number of amides is 4. The SMILES string of the molecule is COc1cccc2c1C(=O)c1c(O)c3c(c(O)c1C2=O)C[C@](O)(C(C)=O)C[C@H]3O[C@H]1C[C@H]2N[C@H](C3C(=O)N(C)C(=O)N(C)C3=O)[C@@H](C)O[C@@H](C[C@H](C)O)O[C@H]2[C@@H](C)O1. The molecule has 0 spiro atoms. The van der Waals surface area contributed by atoms with Crippen molar-refractivity contribution in [3.8, 4) is 17.2 Å². The third kappa shape index (κ3) is 6.65. The lowest BCUT2D eigenvalue weighted by Crippen LogP contribution is -2.68. The van der Waals surface area contributed by atoms with E-state index in [4.69, 9.17) is 23.7 Å². The van der Waals surface area contributed by atoms with Crippen LogP contribution in [-0.2, 0) is 39.8 Å². The highest BCUT2D eigenvalue weighted by atomic mass is 16.7. The quantitative estimate of drug-likeness (QED) is 0.166. The number of carbonyl (C=O) groups excluding carboxylic acids is 6. The molecule has 2 aromatic rings. The van der Waals surface area contributed by atoms with E-state index in [1.165, 1.54) is 39.4 Å². The van der Waals surface area contributed by atoms with Gasteiger partial charge in [0.05, 0.1) is 54.3 Å². The third-order valence-electron chi connectivity index (χ3n) is 12.0. The van der Waals surface area contributed by atoms with E-state index in [1.807, 2.05) is 0 Å². The number of fused-ring (bicyclic) bond motifs is 4. The number of methoxy groups -OCH3 is 1. The Morgan fingerprint density at radius 3 is 2.24 bits per heavy atom. The first-order valence-electron chi connectivity index (χ1n) is 19.0. The average molecular weight is 810 g/mol. The molecule has 5 N–H and O–H groups in total. The molecular weight excluding hydrogens is 762 g/mol. The normalized spacial score (nSPS) is 32.1. The Morgan fingerprint density at radius 2 is 1.62 bits per heavy atom. The number of carbonyl (C=O) groups is 6. The summed E-state index contributed by atoms with van der Waals surface area (Å²) in [6, 6.07) is 1.77. The number of imide groups is 2. The maximum Gasteiger partial charge on any atom is 0.332 e. The van der Waals surface area contributed by atoms with Crippen LogP contribution in [0.15, 0.2) is 18.2 Å². The van der Waals surface area contributed by atoms with Gasteiger partial charge in [0, 0.05) is 62.5 Å². The van der Waals surface area contributed by atoms with Crippen LogP contribution in [0.4, 0.5) is 4.79 Å². The van der Waals surface area contributed by atoms with E-state index < -0.39 is 137 Å². The number of Topliss-reactive ketones (excluding diaryl/α,β-unsaturated/α-hetero) is 1. The number of nitrogens with one attached hydrogen (secondary N) is 1. The number of rotatable bonds is 7. The van der Waals surface area contributed by atoms with Crippen molar-refractivity contribution < 1.29 is 72.9 Å². The topological polar surface area (TPSA) is 248 Å². The first kappa shape index (κ1) is 41.3. The number of urea groups is 1. The van der Waals surface area contributed by atoms with Crippen molar-refractivity contribution in [3.63, 3.8) is 0 Å². The predicted molar refractivity (Wildman–Crippen MR) is 197 cm³/mol. The Kier molecular flexibility index (Phi) is 10.8. The number of aliphatic hydroxyl groups excluding tert-OH is 1. The fourth-order valence-electron chi connectivity index (χ4n) is 8.90. The van der Waals surface area contributed by atoms with Crippen molar-refractivity contribution in [1.82, 2.24) is 15.1 Å². The summed E-state index contributed by atoms with van der Waals surface area (Å²) in [7, 11) is 3.85. The van der Waals surface area contributed by atoms with Crippen LogP contribution in [0.25, 0.3) is 0 Å². The average Bonchev–Trinajstić information content (AvgIpc) is 3.16. The molecule has 2 aromatic carbocycles. The highest BCUT2D eigenvalue weighted by Crippen LogP contribution is 2.52. The fraction of sp³-hybridized carbons (Fsp3) is 0.550. The van der Waals surface area contributed by atoms with Gasteiger partial charge in [-0.1, -0.05) is 12.1 Å². The van der Waals surface area contributed by atoms with Gasteiger partial charge in [-0.3, -0.25) is 33.8 Å². The van der Waals surface area contributed by atoms with Crippen LogP contribution in [-0.4, -0.2) is 141 Å². The second kappa shape index (κ2) is 15.1. The number of barbiturate groups is 1. The van der Waals surface area contributed by atoms with Crippen molar-refractivity contribution >= 4 is 35.2 Å². The van der Waals surface area contributed by atoms with Crippen LogP contribution in [0.2, 0.25) is 0 Å². The molecule has 3 fully saturated rings. The van der Waals surface area contributed by atoms with Crippen molar-refractivity contribution in [2.75, 3.05) is 21.2 Å². The zero-order chi connectivity index (χ0) is 42.3. The van der Waals surface area contributed by atoms with Gasteiger partial charge >= 0.3 is 6.03 Å². The van der Waals surface area contributed by atoms with E-state index >= 15 is 0 Å². The van der Waals surface area contributed by atoms with Crippen molar-refractivity contribution in [1.29, 1.82) is 0 Å². The number of phenolic OH excluding ortho intramolecular Hbond substituents is 2. The minimum Gasteiger partial charge on any atom is -0.507 e. The van der Waals surface area contributed by atoms with Crippen molar-refractivity contribution in [3.05, 3.63) is 51.6 Å². The third-order valence-corrected chi connectivity index (χ3v) is 12.0. The molecule has 3 heterocycles. The zero-order valence-electron chi connectivity index (χ0n) is 33.0. The van der Waals surface area contributed by atoms with E-state index in [0.717, 1.165) is 16.7 Å². The first-order chi connectivity index (χ1) is 27.3. The Morgan fingerprint density at radius 1 is 0.966 bits per heavy atom. The maximum absolute atomic E-state index is 14.1. The number of hydrogen-bond acceptors (Lipinski definition) is 16. The van der Waals surface area contributed by atoms with Gasteiger partial charge in [-0.2, -0.15) is 0 Å². The summed E-state index contributed by atoms with van der Waals surface area (Å²) in [4.78, 5) is 82.5. The lowest BCUT2D eigenvalue weighted by atomic mass is 9.72. The van der Waals surface area contributed by atoms with Crippen molar-refractivity contribution in [2.45, 2.75) is 114 Å². The molecule has 5 aliphatic rings. The zero-order valence-corrected chi connectivity index (χ0v) is 33.0. The van der Waals surface area contributed by atoms with E-state index in [-0.39, 0.29) is 40.8 Å². The maximum atomic E-state index is 14.1. The minimum absolute atomic E-state index is 0.0188. The molecule has 4 amide bonds. The van der Waals surface area contributed by atoms with Crippen LogP contribution in [0.5, 0.6) is 17.2 Å². The van der Waals surface area contributed by atoms with Crippen LogP contribution >= 0.6 is 0 Å². The number of nitrogens with zero attached hydrogens (tertiary/aromatic N) is 2. The van der Waals surface area contributed by atoms with Crippen molar-refractivity contribution in [2.24, 2.45) is 5.92 Å². The van der Waals surface area contributed by atoms with Crippen LogP contribution in [0.1, 0.15) is 96.0 Å². The molecule has 0 radical (unpaired) electrons. The molecule has 3 saturated heterocycles. The van der Waals surface area contributed by atoms with Crippen LogP contribution in [0.3, 0.4) is 0 Å². The molecule has 0 saturated carbocycles. The molecule has 0 aromatic heterocycles. The summed E-state index contributed by atoms with van der Waals surface area (Å²) in [5, 5.41) is 49.0. The van der Waals surface area contributed by atoms with Gasteiger partial charge < -0.3 is 49.4 Å². The number of aromatic hydroxyl groups is 2. The Labute approximate surface area is 332 Å². The van der Waals surface area contributed by atoms with Crippen LogP contribution < -0.4 is 10.1 Å². The summed E-state index contributed by atoms with van der Waals surface area (Å²) < 4.78 is 30.7. The number of aliphatic hydroxyl groups is 2. The molecule has 18 heteroatoms. The highest BCUT2D eigenvalue weighted by molar-refractivity contribution is 6.31. The lowest BCUT2D eigenvalue weighted by molar-refractivity contribution is -0.298. The largest absolute Gasteiger partial charge is 0.507 e. The molecule has 2 aliphatic carbocycles. The first-order valence-corrected chi connectivity index (χ1v) is 19.0. The summed E-state index contributed by atoms with van der Waals surface area (Å²) >= 11 is 0. The van der Waals surface area contributed by atoms with E-state index in [0.29, 0.717) is 0 Å². The van der Waals surface area contributed by atoms with Gasteiger partial charge in [0.2, 0.25) is 17.6 Å². The second-order valence-corrected chi connectivity index (χ2v) is 15.8. The summed E-state index contributed by atoms with van der Waals surface area (Å²) in [6.45, 7) is 5.99. The van der Waals surface area contributed by atoms with Gasteiger partial charge in [0.25, 0.3) is 0 Å². The molecule has 58 heavy (non-hydrogen) atoms. The van der Waals surface area contributed by atoms with Gasteiger partial charge in [-0.15, -0.1) is 0 Å². The number of benzene rings is 2. The monoisotopic (exact) mass is 809 g/mol. The van der Waals surface area contributed by atoms with Gasteiger partial charge in [-0.05, 0) is 33.8 Å². The molecule has 7 rings (SSSR count). The predicted octanol–water partition coefficient (Wildman–Crippen LogP) is 1.24. The number of phenols is 2. The molecule has 10 atom stereocenters. The second-order valence-electron chi connectivity index (χ2n) is 15.8. The highest BCUT2D eigenvalue weighted by Gasteiger charge is 2.54. The minimum atomic E-state index is -2.15. The van der Waals surface area contributed by atoms with E-state index in [1.54, 1.807) is 20.8 Å². The number of ether oxygens (including phenoxy) is 5. The molecule has 312 valence electrons. The smallest absolute Gasteiger partial charge is 0.332 e. The Hall–Kier alpha value is -4.82. The Balaban J connectivity index is 1.27. The number of hydrogen-bond donors (Lipinski definition) is 5. The standard InChI is InChI=1S/C40H47N3O15/c1-15(44)11-24-55-16(2)31(30-37(50)42(5)39(52)43(6)38(30)51)41-21-12-25(56-17(3)36(21)58-24)57-23-14-40(53,18(4)45)13-20-27(23)35(49)29-28(33(20)47)32(46)19-9-8-10-22(54-7)26(19)34(29)48/h8-10,15-17,21,23-25,30-31,36,41,44,47,49,53H,11-14H2,1-7H3/t15-,16+,17+,21+,23+,24+,25-,31-,36-,40+/m0/s1. The molecule has 0 bridgehead atoms. The fourth-order valence-corrected chi connectivity index (χ4v) is 8.90. The van der Waals surface area contributed by atoms with E-state index in [2.05, 4.69) is 5.32 Å². The molecular formula is C40H47N3O15. The summed E-state index contributed by atoms with van der Waals surface area (Å²) in [5.41, 5.74) is -3.62. The summed E-state index contributed by atoms with van der Waals surface area (Å²) in [5.74, 6) is -6.51. The molecule has 3 aliphatic heterocycles. The molecule has 18 nitrogen and oxygen atoms in total. The van der Waals surface area contributed by atoms with Gasteiger partial charge in [0.1, 0.15) is 34.9 Å². The van der Waals surface area contributed by atoms with Gasteiger partial charge in [0.15, 0.2) is 24.1 Å². The van der Waals surface area contributed by atoms with Crippen LogP contribution in [0, 0.1) is 5.92 Å². The lowest BCUT2D eigenvalue weighted by Gasteiger charge is -2.49. The molecule has 0 unspecified atom stereocenters. The van der Waals surface area contributed by atoms with E-state index in [9.17, 15) is 49.2 Å². The summed E-state index contributed by atoms with van der Waals surface area (Å²) in [6.07, 6.45) is -8.07. The number of ketones is 3. The Bertz CT molecular complexity index is 2080.